The molecular formula is C18H36O4. The number of carbonyl (C=O) groups is 1. The number of carbonyl (C=O) groups excluding carboxylic acids is 1. The lowest BCUT2D eigenvalue weighted by Gasteiger charge is -2.15. The highest BCUT2D eigenvalue weighted by molar-refractivity contribution is 5.68. The van der Waals surface area contributed by atoms with Gasteiger partial charge in [0, 0.05) is 6.42 Å². The van der Waals surface area contributed by atoms with E-state index < -0.39 is 5.60 Å². The molecule has 0 N–H and O–H groups in total. The van der Waals surface area contributed by atoms with Crippen molar-refractivity contribution in [3.63, 3.8) is 0 Å². The number of hydrogen-bond donors (Lipinski definition) is 0. The third-order valence-electron chi connectivity index (χ3n) is 3.40. The van der Waals surface area contributed by atoms with Crippen molar-refractivity contribution in [2.24, 2.45) is 0 Å². The first-order valence-corrected chi connectivity index (χ1v) is 9.01. The Morgan fingerprint density at radius 2 is 1.23 bits per heavy atom. The van der Waals surface area contributed by atoms with Crippen molar-refractivity contribution in [3.05, 3.63) is 0 Å². The summed E-state index contributed by atoms with van der Waals surface area (Å²) in [6, 6.07) is 0. The second-order valence-corrected chi connectivity index (χ2v) is 7.00. The molecule has 0 bridgehead atoms. The molecule has 0 heterocycles. The maximum atomic E-state index is 11.4. The monoisotopic (exact) mass is 316 g/mol. The van der Waals surface area contributed by atoms with Crippen LogP contribution in [-0.2, 0) is 19.6 Å². The van der Waals surface area contributed by atoms with Crippen molar-refractivity contribution in [2.45, 2.75) is 110 Å². The van der Waals surface area contributed by atoms with E-state index in [0.717, 1.165) is 12.8 Å². The van der Waals surface area contributed by atoms with E-state index in [9.17, 15) is 4.79 Å². The lowest BCUT2D eigenvalue weighted by molar-refractivity contribution is -0.514. The van der Waals surface area contributed by atoms with Gasteiger partial charge in [0.1, 0.15) is 0 Å². The maximum absolute atomic E-state index is 11.4. The van der Waals surface area contributed by atoms with E-state index >= 15 is 0 Å². The zero-order chi connectivity index (χ0) is 16.7. The molecule has 0 unspecified atom stereocenters. The van der Waals surface area contributed by atoms with Crippen LogP contribution < -0.4 is 0 Å². The molecule has 4 nitrogen and oxygen atoms in total. The van der Waals surface area contributed by atoms with Gasteiger partial charge in [-0.1, -0.05) is 71.1 Å². The van der Waals surface area contributed by atoms with Crippen LogP contribution in [-0.4, -0.2) is 11.6 Å². The van der Waals surface area contributed by atoms with E-state index in [4.69, 9.17) is 4.89 Å². The Morgan fingerprint density at radius 1 is 0.773 bits per heavy atom. The third kappa shape index (κ3) is 17.4. The fourth-order valence-corrected chi connectivity index (χ4v) is 2.13. The van der Waals surface area contributed by atoms with Crippen LogP contribution in [0.3, 0.4) is 0 Å². The molecule has 0 atom stereocenters. The Labute approximate surface area is 136 Å². The first kappa shape index (κ1) is 21.4. The summed E-state index contributed by atoms with van der Waals surface area (Å²) >= 11 is 0. The normalized spacial score (nSPS) is 11.6. The second-order valence-electron chi connectivity index (χ2n) is 7.00. The van der Waals surface area contributed by atoms with Crippen LogP contribution in [0.25, 0.3) is 0 Å². The van der Waals surface area contributed by atoms with E-state index in [0.29, 0.717) is 6.42 Å². The Kier molecular flexibility index (Phi) is 13.6. The van der Waals surface area contributed by atoms with Gasteiger partial charge in [0.05, 0.1) is 5.60 Å². The molecule has 0 saturated carbocycles. The molecule has 132 valence electrons. The fourth-order valence-electron chi connectivity index (χ4n) is 2.13. The van der Waals surface area contributed by atoms with Crippen LogP contribution in [0.2, 0.25) is 0 Å². The van der Waals surface area contributed by atoms with Crippen molar-refractivity contribution in [3.8, 4) is 0 Å². The molecule has 0 aromatic heterocycles. The first-order valence-electron chi connectivity index (χ1n) is 9.01. The Hall–Kier alpha value is -0.610. The van der Waals surface area contributed by atoms with Crippen LogP contribution in [0.1, 0.15) is 105 Å². The van der Waals surface area contributed by atoms with Crippen molar-refractivity contribution in [2.75, 3.05) is 0 Å². The highest BCUT2D eigenvalue weighted by Crippen LogP contribution is 2.12. The lowest BCUT2D eigenvalue weighted by Crippen LogP contribution is -2.20. The largest absolute Gasteiger partial charge is 0.345 e. The van der Waals surface area contributed by atoms with E-state index in [1.54, 1.807) is 0 Å². The van der Waals surface area contributed by atoms with E-state index in [-0.39, 0.29) is 5.97 Å². The van der Waals surface area contributed by atoms with Gasteiger partial charge in [0.25, 0.3) is 0 Å². The summed E-state index contributed by atoms with van der Waals surface area (Å²) in [4.78, 5) is 20.8. The topological polar surface area (TPSA) is 44.8 Å². The van der Waals surface area contributed by atoms with Crippen molar-refractivity contribution >= 4 is 5.97 Å². The standard InChI is InChI=1S/C18H36O4/c1-5-6-7-8-9-10-11-12-13-14-15-16-17(19)20-22-21-18(2,3)4/h5-16H2,1-4H3. The maximum Gasteiger partial charge on any atom is 0.345 e. The molecule has 0 spiro atoms. The van der Waals surface area contributed by atoms with Crippen LogP contribution in [0.15, 0.2) is 0 Å². The number of unbranched alkanes of at least 4 members (excludes halogenated alkanes) is 10. The van der Waals surface area contributed by atoms with Gasteiger partial charge >= 0.3 is 5.97 Å². The minimum Gasteiger partial charge on any atom is -0.269 e. The van der Waals surface area contributed by atoms with Gasteiger partial charge in [-0.15, -0.1) is 0 Å². The minimum absolute atomic E-state index is 0.361. The molecule has 22 heavy (non-hydrogen) atoms. The summed E-state index contributed by atoms with van der Waals surface area (Å²) in [5.74, 6) is -0.361. The van der Waals surface area contributed by atoms with Gasteiger partial charge in [0.2, 0.25) is 0 Å². The summed E-state index contributed by atoms with van der Waals surface area (Å²) in [5.41, 5.74) is -0.475. The Morgan fingerprint density at radius 3 is 1.68 bits per heavy atom. The van der Waals surface area contributed by atoms with Gasteiger partial charge in [-0.25, -0.2) is 4.79 Å². The molecule has 0 fully saturated rings. The molecule has 0 aliphatic heterocycles. The summed E-state index contributed by atoms with van der Waals surface area (Å²) in [6.45, 7) is 7.72. The average molecular weight is 316 g/mol. The van der Waals surface area contributed by atoms with E-state index in [1.165, 1.54) is 57.8 Å². The molecule has 4 heteroatoms. The smallest absolute Gasteiger partial charge is 0.269 e. The van der Waals surface area contributed by atoms with Crippen molar-refractivity contribution in [1.29, 1.82) is 0 Å². The van der Waals surface area contributed by atoms with Crippen molar-refractivity contribution in [1.82, 2.24) is 0 Å². The molecule has 0 aromatic carbocycles. The molecule has 0 aromatic rings. The van der Waals surface area contributed by atoms with Gasteiger partial charge in [-0.05, 0) is 32.2 Å². The van der Waals surface area contributed by atoms with Gasteiger partial charge in [-0.2, -0.15) is 4.89 Å². The van der Waals surface area contributed by atoms with Crippen molar-refractivity contribution < 1.29 is 19.6 Å². The summed E-state index contributed by atoms with van der Waals surface area (Å²) < 4.78 is 0. The van der Waals surface area contributed by atoms with Gasteiger partial charge in [-0.3, -0.25) is 4.89 Å². The van der Waals surface area contributed by atoms with E-state index in [2.05, 4.69) is 16.8 Å². The second kappa shape index (κ2) is 14.0. The molecule has 0 saturated heterocycles. The third-order valence-corrected chi connectivity index (χ3v) is 3.40. The molecular weight excluding hydrogens is 280 g/mol. The van der Waals surface area contributed by atoms with Crippen LogP contribution in [0.4, 0.5) is 0 Å². The minimum atomic E-state index is -0.475. The Bertz CT molecular complexity index is 258. The van der Waals surface area contributed by atoms with Crippen LogP contribution >= 0.6 is 0 Å². The average Bonchev–Trinajstić information content (AvgIpc) is 2.43. The van der Waals surface area contributed by atoms with Crippen LogP contribution in [0, 0.1) is 0 Å². The van der Waals surface area contributed by atoms with Gasteiger partial charge < -0.3 is 0 Å². The van der Waals surface area contributed by atoms with E-state index in [1.807, 2.05) is 20.8 Å². The fraction of sp³-hybridized carbons (Fsp3) is 0.944. The molecule has 0 aliphatic carbocycles. The molecule has 0 amide bonds. The predicted octanol–water partition coefficient (Wildman–Crippen LogP) is 5.89. The molecule has 0 rings (SSSR count). The van der Waals surface area contributed by atoms with Crippen LogP contribution in [0.5, 0.6) is 0 Å². The summed E-state index contributed by atoms with van der Waals surface area (Å²) in [6.07, 6.45) is 14.3. The quantitative estimate of drug-likeness (QED) is 0.227. The summed E-state index contributed by atoms with van der Waals surface area (Å²) in [7, 11) is 0. The first-order chi connectivity index (χ1) is 10.5. The number of hydrogen-bond acceptors (Lipinski definition) is 4. The summed E-state index contributed by atoms with van der Waals surface area (Å²) in [5, 5.41) is 4.46. The zero-order valence-electron chi connectivity index (χ0n) is 15.1. The SMILES string of the molecule is CCCCCCCCCCCCCC(=O)OOOC(C)(C)C. The Balaban J connectivity index is 3.20. The lowest BCUT2D eigenvalue weighted by atomic mass is 10.1. The highest BCUT2D eigenvalue weighted by atomic mass is 17.5. The molecule has 0 aliphatic rings. The van der Waals surface area contributed by atoms with Gasteiger partial charge in [0.15, 0.2) is 0 Å². The predicted molar refractivity (Wildman–Crippen MR) is 89.1 cm³/mol. The number of rotatable bonds is 14. The zero-order valence-corrected chi connectivity index (χ0v) is 15.1. The molecule has 0 radical (unpaired) electrons. The highest BCUT2D eigenvalue weighted by Gasteiger charge is 2.13.